The number of nitrogens with zero attached hydrogens (tertiary/aromatic N) is 1. The Morgan fingerprint density at radius 1 is 1.35 bits per heavy atom. The van der Waals surface area contributed by atoms with Gasteiger partial charge in [-0.05, 0) is 55.9 Å². The van der Waals surface area contributed by atoms with Crippen molar-refractivity contribution in [1.29, 1.82) is 0 Å². The van der Waals surface area contributed by atoms with Crippen LogP contribution in [0, 0.1) is 11.8 Å². The molecule has 2 fully saturated rings. The number of ether oxygens (including phenoxy) is 2. The summed E-state index contributed by atoms with van der Waals surface area (Å²) < 4.78 is 11.9. The minimum absolute atomic E-state index is 0.124. The molecule has 1 spiro atoms. The van der Waals surface area contributed by atoms with Crippen LogP contribution in [0.25, 0.3) is 0 Å². The van der Waals surface area contributed by atoms with Crippen LogP contribution < -0.4 is 9.47 Å². The average Bonchev–Trinajstić information content (AvgIpc) is 2.96. The van der Waals surface area contributed by atoms with Gasteiger partial charge >= 0.3 is 0 Å². The molecule has 1 saturated heterocycles. The number of hydrogen-bond donors (Lipinski definition) is 0. The molecule has 6 rings (SSSR count). The lowest BCUT2D eigenvalue weighted by Crippen LogP contribution is -2.65. The molecule has 1 aromatic carbocycles. The molecule has 2 heterocycles. The topological polar surface area (TPSA) is 38.8 Å². The average molecular weight is 351 g/mol. The molecule has 0 radical (unpaired) electrons. The molecular weight excluding hydrogens is 326 g/mol. The fourth-order valence-corrected chi connectivity index (χ4v) is 6.36. The second kappa shape index (κ2) is 5.13. The van der Waals surface area contributed by atoms with E-state index in [-0.39, 0.29) is 17.3 Å². The van der Waals surface area contributed by atoms with Crippen LogP contribution in [-0.4, -0.2) is 43.0 Å². The first kappa shape index (κ1) is 15.3. The molecule has 4 atom stereocenters. The molecule has 2 aliphatic heterocycles. The number of likely N-dealkylation sites (tertiary alicyclic amines) is 1. The second-order valence-corrected chi connectivity index (χ2v) is 8.77. The van der Waals surface area contributed by atoms with Crippen LogP contribution in [0.2, 0.25) is 0 Å². The molecule has 1 saturated carbocycles. The Balaban J connectivity index is 1.50. The van der Waals surface area contributed by atoms with Gasteiger partial charge in [0.05, 0.1) is 12.5 Å². The molecule has 136 valence electrons. The van der Waals surface area contributed by atoms with E-state index in [1.165, 1.54) is 36.9 Å². The number of rotatable bonds is 3. The summed E-state index contributed by atoms with van der Waals surface area (Å²) in [4.78, 5) is 15.5. The summed E-state index contributed by atoms with van der Waals surface area (Å²) in [5.74, 6) is 2.98. The van der Waals surface area contributed by atoms with Crippen LogP contribution in [0.15, 0.2) is 24.3 Å². The summed E-state index contributed by atoms with van der Waals surface area (Å²) in [6.07, 6.45) is 9.86. The summed E-state index contributed by atoms with van der Waals surface area (Å²) in [5.41, 5.74) is 2.47. The minimum Gasteiger partial charge on any atom is -0.493 e. The molecule has 4 nitrogen and oxygen atoms in total. The van der Waals surface area contributed by atoms with Gasteiger partial charge in [-0.1, -0.05) is 18.6 Å². The van der Waals surface area contributed by atoms with Gasteiger partial charge in [0.1, 0.15) is 0 Å². The van der Waals surface area contributed by atoms with E-state index in [4.69, 9.17) is 9.47 Å². The summed E-state index contributed by atoms with van der Waals surface area (Å²) in [6, 6.07) is 4.72. The van der Waals surface area contributed by atoms with Gasteiger partial charge in [0, 0.05) is 24.1 Å². The predicted molar refractivity (Wildman–Crippen MR) is 97.7 cm³/mol. The Hall–Kier alpha value is -1.81. The third kappa shape index (κ3) is 1.72. The van der Waals surface area contributed by atoms with Crippen LogP contribution in [0.1, 0.15) is 36.8 Å². The Bertz CT molecular complexity index is 827. The van der Waals surface area contributed by atoms with Crippen molar-refractivity contribution in [1.82, 2.24) is 4.90 Å². The molecule has 0 amide bonds. The largest absolute Gasteiger partial charge is 0.493 e. The van der Waals surface area contributed by atoms with Gasteiger partial charge in [-0.2, -0.15) is 0 Å². The van der Waals surface area contributed by atoms with Crippen LogP contribution in [0.4, 0.5) is 0 Å². The van der Waals surface area contributed by atoms with E-state index < -0.39 is 0 Å². The summed E-state index contributed by atoms with van der Waals surface area (Å²) in [7, 11) is 1.69. The van der Waals surface area contributed by atoms with Crippen molar-refractivity contribution in [3.63, 3.8) is 0 Å². The molecule has 26 heavy (non-hydrogen) atoms. The van der Waals surface area contributed by atoms with Crippen LogP contribution in [-0.2, 0) is 16.6 Å². The first-order valence-electron chi connectivity index (χ1n) is 10.1. The van der Waals surface area contributed by atoms with Gasteiger partial charge in [0.15, 0.2) is 23.4 Å². The predicted octanol–water partition coefficient (Wildman–Crippen LogP) is 2.88. The van der Waals surface area contributed by atoms with Crippen molar-refractivity contribution >= 4 is 5.78 Å². The van der Waals surface area contributed by atoms with Crippen LogP contribution in [0.5, 0.6) is 11.5 Å². The Labute approximate surface area is 154 Å². The maximum Gasteiger partial charge on any atom is 0.196 e. The third-order valence-corrected chi connectivity index (χ3v) is 7.76. The number of carbonyl (C=O) groups excluding carboxylic acids is 1. The third-order valence-electron chi connectivity index (χ3n) is 7.76. The number of methoxy groups -OCH3 is 1. The van der Waals surface area contributed by atoms with Crippen molar-refractivity contribution in [2.45, 2.75) is 49.7 Å². The number of benzene rings is 1. The molecule has 2 bridgehead atoms. The minimum atomic E-state index is -0.365. The second-order valence-electron chi connectivity index (χ2n) is 8.77. The lowest BCUT2D eigenvalue weighted by molar-refractivity contribution is -0.128. The molecule has 4 heteroatoms. The van der Waals surface area contributed by atoms with Gasteiger partial charge in [0.25, 0.3) is 0 Å². The summed E-state index contributed by atoms with van der Waals surface area (Å²) in [6.45, 7) is 2.30. The van der Waals surface area contributed by atoms with E-state index in [0.29, 0.717) is 12.0 Å². The first-order chi connectivity index (χ1) is 12.7. The smallest absolute Gasteiger partial charge is 0.196 e. The lowest BCUT2D eigenvalue weighted by atomic mass is 9.53. The lowest BCUT2D eigenvalue weighted by Gasteiger charge is -2.56. The SMILES string of the molecule is COc1ccc2c3c1OC1C(=O)C=CC4C(C2)N(CC2CCC2)CCC314. The molecule has 0 N–H and O–H groups in total. The molecule has 5 aliphatic rings. The Kier molecular flexibility index (Phi) is 3.01. The zero-order valence-corrected chi connectivity index (χ0v) is 15.2. The number of ketones is 1. The normalized spacial score (nSPS) is 37.1. The maximum atomic E-state index is 12.8. The standard InChI is InChI=1S/C22H25NO3/c1-25-18-8-5-14-11-16-15-6-7-17(24)21-22(15,19(14)20(18)26-21)9-10-23(16)12-13-3-2-4-13/h5-8,13,15-16,21H,2-4,9-12H2,1H3. The van der Waals surface area contributed by atoms with Crippen LogP contribution >= 0.6 is 0 Å². The summed E-state index contributed by atoms with van der Waals surface area (Å²) in [5, 5.41) is 0. The first-order valence-corrected chi connectivity index (χ1v) is 10.1. The number of hydrogen-bond acceptors (Lipinski definition) is 4. The highest BCUT2D eigenvalue weighted by atomic mass is 16.5. The van der Waals surface area contributed by atoms with E-state index in [0.717, 1.165) is 36.8 Å². The van der Waals surface area contributed by atoms with E-state index in [1.54, 1.807) is 13.2 Å². The fourth-order valence-electron chi connectivity index (χ4n) is 6.36. The van der Waals surface area contributed by atoms with E-state index in [9.17, 15) is 4.79 Å². The van der Waals surface area contributed by atoms with E-state index in [2.05, 4.69) is 17.0 Å². The van der Waals surface area contributed by atoms with Gasteiger partial charge in [-0.25, -0.2) is 0 Å². The molecule has 1 aromatic rings. The molecule has 4 unspecified atom stereocenters. The zero-order chi connectivity index (χ0) is 17.5. The van der Waals surface area contributed by atoms with E-state index in [1.807, 2.05) is 6.07 Å². The van der Waals surface area contributed by atoms with Gasteiger partial charge in [0.2, 0.25) is 0 Å². The monoisotopic (exact) mass is 351 g/mol. The number of carbonyl (C=O) groups is 1. The fraction of sp³-hybridized carbons (Fsp3) is 0.591. The van der Waals surface area contributed by atoms with Gasteiger partial charge in [-0.15, -0.1) is 0 Å². The maximum absolute atomic E-state index is 12.8. The quantitative estimate of drug-likeness (QED) is 0.839. The van der Waals surface area contributed by atoms with Crippen molar-refractivity contribution in [2.24, 2.45) is 11.8 Å². The zero-order valence-electron chi connectivity index (χ0n) is 15.2. The van der Waals surface area contributed by atoms with Crippen molar-refractivity contribution < 1.29 is 14.3 Å². The number of piperidine rings is 1. The van der Waals surface area contributed by atoms with Crippen molar-refractivity contribution in [3.05, 3.63) is 35.4 Å². The molecule has 0 aromatic heterocycles. The van der Waals surface area contributed by atoms with Gasteiger partial charge < -0.3 is 9.47 Å². The molecular formula is C22H25NO3. The summed E-state index contributed by atoms with van der Waals surface area (Å²) >= 11 is 0. The highest BCUT2D eigenvalue weighted by molar-refractivity contribution is 5.98. The van der Waals surface area contributed by atoms with Gasteiger partial charge in [-0.3, -0.25) is 9.69 Å². The highest BCUT2D eigenvalue weighted by Crippen LogP contribution is 2.62. The van der Waals surface area contributed by atoms with Crippen molar-refractivity contribution in [2.75, 3.05) is 20.2 Å². The van der Waals surface area contributed by atoms with Crippen molar-refractivity contribution in [3.8, 4) is 11.5 Å². The molecule has 3 aliphatic carbocycles. The Morgan fingerprint density at radius 2 is 2.23 bits per heavy atom. The van der Waals surface area contributed by atoms with E-state index >= 15 is 0 Å². The highest BCUT2D eigenvalue weighted by Gasteiger charge is 2.64. The van der Waals surface area contributed by atoms with Crippen LogP contribution in [0.3, 0.4) is 0 Å². The Morgan fingerprint density at radius 3 is 3.00 bits per heavy atom.